The normalized spacial score (nSPS) is 20.9. The van der Waals surface area contributed by atoms with Crippen LogP contribution in [0.5, 0.6) is 5.75 Å². The van der Waals surface area contributed by atoms with Gasteiger partial charge >= 0.3 is 6.03 Å². The van der Waals surface area contributed by atoms with Crippen molar-refractivity contribution >= 4 is 17.6 Å². The van der Waals surface area contributed by atoms with Crippen LogP contribution in [0.2, 0.25) is 0 Å². The number of methoxy groups -OCH3 is 1. The molecule has 1 saturated carbocycles. The molecule has 3 amide bonds. The van der Waals surface area contributed by atoms with Gasteiger partial charge in [-0.25, -0.2) is 4.79 Å². The van der Waals surface area contributed by atoms with Gasteiger partial charge in [-0.2, -0.15) is 0 Å². The van der Waals surface area contributed by atoms with Crippen molar-refractivity contribution in [2.24, 2.45) is 0 Å². The molecule has 0 bridgehead atoms. The van der Waals surface area contributed by atoms with Gasteiger partial charge in [0.05, 0.1) is 13.2 Å². The second kappa shape index (κ2) is 8.43. The Labute approximate surface area is 155 Å². The predicted molar refractivity (Wildman–Crippen MR) is 102 cm³/mol. The zero-order valence-electron chi connectivity index (χ0n) is 15.7. The van der Waals surface area contributed by atoms with Gasteiger partial charge in [-0.15, -0.1) is 0 Å². The summed E-state index contributed by atoms with van der Waals surface area (Å²) >= 11 is 0. The fourth-order valence-electron chi connectivity index (χ4n) is 4.03. The highest BCUT2D eigenvalue weighted by Gasteiger charge is 2.33. The summed E-state index contributed by atoms with van der Waals surface area (Å²) in [5.74, 6) is 0.803. The van der Waals surface area contributed by atoms with Crippen LogP contribution in [0.15, 0.2) is 24.3 Å². The van der Waals surface area contributed by atoms with E-state index in [9.17, 15) is 9.59 Å². The van der Waals surface area contributed by atoms with E-state index in [4.69, 9.17) is 4.74 Å². The second-order valence-corrected chi connectivity index (χ2v) is 7.13. The van der Waals surface area contributed by atoms with Crippen LogP contribution in [-0.2, 0) is 4.79 Å². The van der Waals surface area contributed by atoms with Gasteiger partial charge in [0.25, 0.3) is 0 Å². The lowest BCUT2D eigenvalue weighted by Gasteiger charge is -2.34. The molecule has 2 aliphatic rings. The van der Waals surface area contributed by atoms with E-state index >= 15 is 0 Å². The molecule has 1 heterocycles. The summed E-state index contributed by atoms with van der Waals surface area (Å²) in [6.45, 7) is 3.25. The van der Waals surface area contributed by atoms with Crippen LogP contribution in [0.4, 0.5) is 10.5 Å². The minimum atomic E-state index is -0.144. The summed E-state index contributed by atoms with van der Waals surface area (Å²) in [5.41, 5.74) is 0.840. The van der Waals surface area contributed by atoms with Crippen LogP contribution in [0.25, 0.3) is 0 Å². The van der Waals surface area contributed by atoms with E-state index in [0.29, 0.717) is 25.6 Å². The molecule has 1 saturated heterocycles. The molecule has 3 rings (SSSR count). The van der Waals surface area contributed by atoms with Crippen LogP contribution in [0.3, 0.4) is 0 Å². The number of nitrogens with one attached hydrogen (secondary N) is 1. The maximum Gasteiger partial charge on any atom is 0.317 e. The van der Waals surface area contributed by atoms with Crippen molar-refractivity contribution in [2.75, 3.05) is 25.1 Å². The largest absolute Gasteiger partial charge is 0.497 e. The van der Waals surface area contributed by atoms with Crippen LogP contribution < -0.4 is 15.0 Å². The first-order valence-corrected chi connectivity index (χ1v) is 9.64. The lowest BCUT2D eigenvalue weighted by molar-refractivity contribution is -0.117. The molecule has 1 unspecified atom stereocenters. The molecular weight excluding hydrogens is 330 g/mol. The molecule has 1 N–H and O–H groups in total. The molecule has 1 aromatic carbocycles. The number of carbonyl (C=O) groups excluding carboxylic acids is 2. The number of hydrogen-bond acceptors (Lipinski definition) is 3. The molecule has 26 heavy (non-hydrogen) atoms. The van der Waals surface area contributed by atoms with E-state index in [2.05, 4.69) is 5.32 Å². The molecule has 1 atom stereocenters. The average molecular weight is 359 g/mol. The molecule has 6 heteroatoms. The van der Waals surface area contributed by atoms with Gasteiger partial charge in [0.2, 0.25) is 5.91 Å². The summed E-state index contributed by atoms with van der Waals surface area (Å²) in [7, 11) is 1.62. The van der Waals surface area contributed by atoms with E-state index < -0.39 is 0 Å². The Morgan fingerprint density at radius 2 is 1.92 bits per heavy atom. The zero-order valence-corrected chi connectivity index (χ0v) is 15.7. The monoisotopic (exact) mass is 359 g/mol. The third-order valence-corrected chi connectivity index (χ3v) is 5.45. The number of benzene rings is 1. The number of anilines is 1. The number of urea groups is 1. The van der Waals surface area contributed by atoms with E-state index in [0.717, 1.165) is 24.3 Å². The number of amides is 3. The van der Waals surface area contributed by atoms with Gasteiger partial charge in [0.15, 0.2) is 0 Å². The van der Waals surface area contributed by atoms with Crippen molar-refractivity contribution in [1.29, 1.82) is 0 Å². The minimum absolute atomic E-state index is 0.0335. The van der Waals surface area contributed by atoms with E-state index in [-0.39, 0.29) is 18.0 Å². The molecule has 1 aliphatic carbocycles. The summed E-state index contributed by atoms with van der Waals surface area (Å²) in [6.07, 6.45) is 6.18. The van der Waals surface area contributed by atoms with Gasteiger partial charge in [-0.3, -0.25) is 4.79 Å². The smallest absolute Gasteiger partial charge is 0.317 e. The Balaban J connectivity index is 1.59. The highest BCUT2D eigenvalue weighted by Crippen LogP contribution is 2.25. The SMILES string of the molecule is CCN(C(=O)NC1CC(=O)N(c2ccc(OC)cc2)C1)C1CCCCC1. The van der Waals surface area contributed by atoms with Crippen LogP contribution in [-0.4, -0.2) is 49.1 Å². The third kappa shape index (κ3) is 4.11. The van der Waals surface area contributed by atoms with Gasteiger partial charge in [0.1, 0.15) is 5.75 Å². The lowest BCUT2D eigenvalue weighted by atomic mass is 9.94. The van der Waals surface area contributed by atoms with Gasteiger partial charge in [-0.05, 0) is 44.0 Å². The maximum absolute atomic E-state index is 12.7. The van der Waals surface area contributed by atoms with Crippen LogP contribution >= 0.6 is 0 Å². The molecule has 6 nitrogen and oxygen atoms in total. The highest BCUT2D eigenvalue weighted by atomic mass is 16.5. The topological polar surface area (TPSA) is 61.9 Å². The van der Waals surface area contributed by atoms with Crippen molar-refractivity contribution in [3.63, 3.8) is 0 Å². The van der Waals surface area contributed by atoms with E-state index in [1.807, 2.05) is 36.1 Å². The number of ether oxygens (including phenoxy) is 1. The van der Waals surface area contributed by atoms with Crippen LogP contribution in [0, 0.1) is 0 Å². The molecule has 142 valence electrons. The molecule has 2 fully saturated rings. The van der Waals surface area contributed by atoms with Crippen LogP contribution in [0.1, 0.15) is 45.4 Å². The summed E-state index contributed by atoms with van der Waals surface area (Å²) in [6, 6.07) is 7.60. The molecular formula is C20H29N3O3. The average Bonchev–Trinajstić information content (AvgIpc) is 3.03. The first kappa shape index (κ1) is 18.5. The molecule has 0 radical (unpaired) electrons. The first-order chi connectivity index (χ1) is 12.6. The number of hydrogen-bond donors (Lipinski definition) is 1. The van der Waals surface area contributed by atoms with Crippen molar-refractivity contribution < 1.29 is 14.3 Å². The number of rotatable bonds is 5. The van der Waals surface area contributed by atoms with E-state index in [1.165, 1.54) is 19.3 Å². The summed E-state index contributed by atoms with van der Waals surface area (Å²) < 4.78 is 5.16. The summed E-state index contributed by atoms with van der Waals surface area (Å²) in [5, 5.41) is 3.08. The van der Waals surface area contributed by atoms with Gasteiger partial charge in [0, 0.05) is 31.2 Å². The molecule has 0 spiro atoms. The number of carbonyl (C=O) groups is 2. The number of nitrogens with zero attached hydrogens (tertiary/aromatic N) is 2. The summed E-state index contributed by atoms with van der Waals surface area (Å²) in [4.78, 5) is 28.8. The Morgan fingerprint density at radius 1 is 1.23 bits per heavy atom. The molecule has 0 aromatic heterocycles. The van der Waals surface area contributed by atoms with Gasteiger partial charge in [-0.1, -0.05) is 19.3 Å². The van der Waals surface area contributed by atoms with E-state index in [1.54, 1.807) is 12.0 Å². The Kier molecular flexibility index (Phi) is 6.01. The lowest BCUT2D eigenvalue weighted by Crippen LogP contribution is -2.50. The fourth-order valence-corrected chi connectivity index (χ4v) is 4.03. The third-order valence-electron chi connectivity index (χ3n) is 5.45. The van der Waals surface area contributed by atoms with Crippen molar-refractivity contribution in [1.82, 2.24) is 10.2 Å². The predicted octanol–water partition coefficient (Wildman–Crippen LogP) is 3.16. The Bertz CT molecular complexity index is 626. The maximum atomic E-state index is 12.7. The fraction of sp³-hybridized carbons (Fsp3) is 0.600. The first-order valence-electron chi connectivity index (χ1n) is 9.64. The van der Waals surface area contributed by atoms with Crippen molar-refractivity contribution in [2.45, 2.75) is 57.5 Å². The molecule has 1 aromatic rings. The zero-order chi connectivity index (χ0) is 18.5. The second-order valence-electron chi connectivity index (χ2n) is 7.13. The minimum Gasteiger partial charge on any atom is -0.497 e. The Morgan fingerprint density at radius 3 is 2.54 bits per heavy atom. The van der Waals surface area contributed by atoms with Crippen molar-refractivity contribution in [3.05, 3.63) is 24.3 Å². The molecule has 1 aliphatic heterocycles. The highest BCUT2D eigenvalue weighted by molar-refractivity contribution is 5.96. The van der Waals surface area contributed by atoms with Gasteiger partial charge < -0.3 is 19.9 Å². The standard InChI is InChI=1S/C20H29N3O3/c1-3-22(16-7-5-4-6-8-16)20(25)21-15-13-19(24)23(14-15)17-9-11-18(26-2)12-10-17/h9-12,15-16H,3-8,13-14H2,1-2H3,(H,21,25). The Hall–Kier alpha value is -2.24. The quantitative estimate of drug-likeness (QED) is 0.878. The van der Waals surface area contributed by atoms with Crippen molar-refractivity contribution in [3.8, 4) is 5.75 Å².